The zero-order valence-electron chi connectivity index (χ0n) is 7.48. The van der Waals surface area contributed by atoms with Crippen molar-refractivity contribution < 1.29 is 17.9 Å². The number of ether oxygens (including phenoxy) is 1. The third-order valence-corrected chi connectivity index (χ3v) is 1.56. The van der Waals surface area contributed by atoms with Crippen molar-refractivity contribution in [3.63, 3.8) is 0 Å². The fourth-order valence-corrected chi connectivity index (χ4v) is 0.972. The Morgan fingerprint density at radius 2 is 2.14 bits per heavy atom. The SMILES string of the molecule is CCOc1[c]cc(C(F)(F)F)c(N)c1. The molecule has 1 radical (unpaired) electrons. The van der Waals surface area contributed by atoms with Crippen molar-refractivity contribution in [3.05, 3.63) is 23.8 Å². The molecule has 77 valence electrons. The Balaban J connectivity index is 3.02. The number of anilines is 1. The van der Waals surface area contributed by atoms with E-state index in [2.05, 4.69) is 6.07 Å². The molecule has 0 aromatic heterocycles. The van der Waals surface area contributed by atoms with E-state index in [1.165, 1.54) is 0 Å². The maximum absolute atomic E-state index is 12.2. The minimum absolute atomic E-state index is 0.220. The van der Waals surface area contributed by atoms with Gasteiger partial charge in [-0.2, -0.15) is 13.2 Å². The fourth-order valence-electron chi connectivity index (χ4n) is 0.972. The van der Waals surface area contributed by atoms with Crippen LogP contribution in [0, 0.1) is 6.07 Å². The highest BCUT2D eigenvalue weighted by molar-refractivity contribution is 5.52. The minimum Gasteiger partial charge on any atom is -0.493 e. The molecule has 14 heavy (non-hydrogen) atoms. The van der Waals surface area contributed by atoms with Crippen molar-refractivity contribution in [1.29, 1.82) is 0 Å². The normalized spacial score (nSPS) is 11.4. The third-order valence-electron chi connectivity index (χ3n) is 1.56. The summed E-state index contributed by atoms with van der Waals surface area (Å²) in [7, 11) is 0. The van der Waals surface area contributed by atoms with Crippen molar-refractivity contribution >= 4 is 5.69 Å². The molecule has 0 unspecified atom stereocenters. The van der Waals surface area contributed by atoms with Crippen LogP contribution in [0.4, 0.5) is 18.9 Å². The number of nitrogen functional groups attached to an aromatic ring is 1. The van der Waals surface area contributed by atoms with Gasteiger partial charge in [0.25, 0.3) is 0 Å². The number of hydrogen-bond acceptors (Lipinski definition) is 2. The first-order valence-corrected chi connectivity index (χ1v) is 3.96. The second kappa shape index (κ2) is 3.77. The van der Waals surface area contributed by atoms with E-state index in [9.17, 15) is 13.2 Å². The lowest BCUT2D eigenvalue weighted by Gasteiger charge is -2.10. The molecule has 0 bridgehead atoms. The minimum atomic E-state index is -4.44. The van der Waals surface area contributed by atoms with Crippen LogP contribution in [-0.4, -0.2) is 6.61 Å². The van der Waals surface area contributed by atoms with Crippen molar-refractivity contribution in [1.82, 2.24) is 0 Å². The van der Waals surface area contributed by atoms with Crippen molar-refractivity contribution in [2.24, 2.45) is 0 Å². The van der Waals surface area contributed by atoms with Gasteiger partial charge in [-0.25, -0.2) is 0 Å². The summed E-state index contributed by atoms with van der Waals surface area (Å²) in [4.78, 5) is 0. The fraction of sp³-hybridized carbons (Fsp3) is 0.333. The monoisotopic (exact) mass is 204 g/mol. The molecule has 1 aromatic rings. The first-order valence-electron chi connectivity index (χ1n) is 3.96. The summed E-state index contributed by atoms with van der Waals surface area (Å²) in [5.41, 5.74) is 3.98. The zero-order chi connectivity index (χ0) is 10.8. The maximum atomic E-state index is 12.2. The first-order chi connectivity index (χ1) is 6.45. The van der Waals surface area contributed by atoms with Gasteiger partial charge < -0.3 is 10.5 Å². The van der Waals surface area contributed by atoms with Gasteiger partial charge in [0.15, 0.2) is 0 Å². The number of nitrogens with two attached hydrogens (primary N) is 1. The Morgan fingerprint density at radius 3 is 2.57 bits per heavy atom. The summed E-state index contributed by atoms with van der Waals surface area (Å²) < 4.78 is 41.6. The lowest BCUT2D eigenvalue weighted by Crippen LogP contribution is -2.09. The average Bonchev–Trinajstić information content (AvgIpc) is 2.02. The van der Waals surface area contributed by atoms with E-state index in [0.29, 0.717) is 6.61 Å². The van der Waals surface area contributed by atoms with E-state index < -0.39 is 11.7 Å². The molecule has 1 aromatic carbocycles. The van der Waals surface area contributed by atoms with Gasteiger partial charge in [0.1, 0.15) is 5.75 Å². The molecular formula is C9H9F3NO. The van der Waals surface area contributed by atoms with Crippen LogP contribution >= 0.6 is 0 Å². The van der Waals surface area contributed by atoms with Crippen LogP contribution in [0.1, 0.15) is 12.5 Å². The topological polar surface area (TPSA) is 35.2 Å². The molecule has 2 nitrogen and oxygen atoms in total. The molecular weight excluding hydrogens is 195 g/mol. The summed E-state index contributed by atoms with van der Waals surface area (Å²) in [6.45, 7) is 2.09. The summed E-state index contributed by atoms with van der Waals surface area (Å²) in [6, 6.07) is 4.27. The van der Waals surface area contributed by atoms with Gasteiger partial charge in [0.05, 0.1) is 12.2 Å². The van der Waals surface area contributed by atoms with Crippen LogP contribution < -0.4 is 10.5 Å². The molecule has 0 heterocycles. The number of benzene rings is 1. The molecule has 0 saturated carbocycles. The highest BCUT2D eigenvalue weighted by Gasteiger charge is 2.32. The van der Waals surface area contributed by atoms with E-state index in [0.717, 1.165) is 12.1 Å². The van der Waals surface area contributed by atoms with Gasteiger partial charge in [-0.15, -0.1) is 0 Å². The largest absolute Gasteiger partial charge is 0.493 e. The maximum Gasteiger partial charge on any atom is 0.418 e. The summed E-state index contributed by atoms with van der Waals surface area (Å²) in [6.07, 6.45) is -4.44. The van der Waals surface area contributed by atoms with E-state index in [1.807, 2.05) is 0 Å². The summed E-state index contributed by atoms with van der Waals surface area (Å²) in [5, 5.41) is 0. The van der Waals surface area contributed by atoms with Crippen molar-refractivity contribution in [2.45, 2.75) is 13.1 Å². The number of hydrogen-bond donors (Lipinski definition) is 1. The van der Waals surface area contributed by atoms with Crippen molar-refractivity contribution in [3.8, 4) is 5.75 Å². The Labute approximate surface area is 79.5 Å². The third kappa shape index (κ3) is 2.31. The van der Waals surface area contributed by atoms with E-state index in [4.69, 9.17) is 10.5 Å². The molecule has 0 fully saturated rings. The lowest BCUT2D eigenvalue weighted by atomic mass is 10.1. The Hall–Kier alpha value is -1.39. The summed E-state index contributed by atoms with van der Waals surface area (Å²) >= 11 is 0. The molecule has 0 saturated heterocycles. The Morgan fingerprint density at radius 1 is 1.50 bits per heavy atom. The van der Waals surface area contributed by atoms with Crippen LogP contribution in [0.25, 0.3) is 0 Å². The molecule has 0 aliphatic carbocycles. The molecule has 0 atom stereocenters. The van der Waals surface area contributed by atoms with Crippen LogP contribution in [0.15, 0.2) is 12.1 Å². The molecule has 0 aliphatic heterocycles. The predicted octanol–water partition coefficient (Wildman–Crippen LogP) is 2.49. The zero-order valence-corrected chi connectivity index (χ0v) is 7.48. The molecule has 0 spiro atoms. The average molecular weight is 204 g/mol. The Bertz CT molecular complexity index is 322. The quantitative estimate of drug-likeness (QED) is 0.751. The Kier molecular flexibility index (Phi) is 2.88. The highest BCUT2D eigenvalue weighted by atomic mass is 19.4. The smallest absolute Gasteiger partial charge is 0.418 e. The highest BCUT2D eigenvalue weighted by Crippen LogP contribution is 2.34. The van der Waals surface area contributed by atoms with Crippen LogP contribution in [0.5, 0.6) is 5.75 Å². The second-order valence-corrected chi connectivity index (χ2v) is 2.60. The molecule has 1 rings (SSSR count). The van der Waals surface area contributed by atoms with Gasteiger partial charge in [0, 0.05) is 17.8 Å². The number of halogens is 3. The van der Waals surface area contributed by atoms with Gasteiger partial charge >= 0.3 is 6.18 Å². The molecule has 5 heteroatoms. The van der Waals surface area contributed by atoms with Crippen LogP contribution in [0.3, 0.4) is 0 Å². The van der Waals surface area contributed by atoms with Crippen LogP contribution in [-0.2, 0) is 6.18 Å². The van der Waals surface area contributed by atoms with E-state index in [-0.39, 0.29) is 11.4 Å². The van der Waals surface area contributed by atoms with Crippen molar-refractivity contribution in [2.75, 3.05) is 12.3 Å². The second-order valence-electron chi connectivity index (χ2n) is 2.60. The number of alkyl halides is 3. The predicted molar refractivity (Wildman–Crippen MR) is 45.9 cm³/mol. The van der Waals surface area contributed by atoms with Gasteiger partial charge in [0.2, 0.25) is 0 Å². The molecule has 0 aliphatic rings. The van der Waals surface area contributed by atoms with E-state index >= 15 is 0 Å². The lowest BCUT2D eigenvalue weighted by molar-refractivity contribution is -0.136. The van der Waals surface area contributed by atoms with Gasteiger partial charge in [-0.05, 0) is 13.0 Å². The first kappa shape index (κ1) is 10.7. The van der Waals surface area contributed by atoms with Gasteiger partial charge in [-0.1, -0.05) is 0 Å². The van der Waals surface area contributed by atoms with E-state index in [1.54, 1.807) is 6.92 Å². The standard InChI is InChI=1S/C9H9F3NO/c1-2-14-6-3-4-7(8(13)5-6)9(10,11)12/h4-5H,2,13H2,1H3. The molecule has 0 amide bonds. The number of rotatable bonds is 2. The van der Waals surface area contributed by atoms with Crippen LogP contribution in [0.2, 0.25) is 0 Å². The molecule has 2 N–H and O–H groups in total. The van der Waals surface area contributed by atoms with Gasteiger partial charge in [-0.3, -0.25) is 0 Å². The summed E-state index contributed by atoms with van der Waals surface area (Å²) in [5.74, 6) is 0.220.